The zero-order valence-corrected chi connectivity index (χ0v) is 38.1. The molecule has 10 aromatic carbocycles. The molecular weight excluding hydrogens is 859 g/mol. The molecule has 0 spiro atoms. The molecule has 0 bridgehead atoms. The van der Waals surface area contributed by atoms with Gasteiger partial charge in [-0.2, -0.15) is 0 Å². The highest BCUT2D eigenvalue weighted by Crippen LogP contribution is 2.43. The molecule has 13 aromatic rings. The van der Waals surface area contributed by atoms with Crippen LogP contribution in [0.3, 0.4) is 0 Å². The number of benzene rings is 10. The lowest BCUT2D eigenvalue weighted by molar-refractivity contribution is 1.07. The summed E-state index contributed by atoms with van der Waals surface area (Å²) in [6.07, 6.45) is 0. The van der Waals surface area contributed by atoms with E-state index in [4.69, 9.17) is 15.0 Å². The Kier molecular flexibility index (Phi) is 9.95. The van der Waals surface area contributed by atoms with Gasteiger partial charge in [0.15, 0.2) is 17.5 Å². The molecule has 324 valence electrons. The summed E-state index contributed by atoms with van der Waals surface area (Å²) in [6, 6.07) is 88.3. The Balaban J connectivity index is 0.939. The molecule has 0 aliphatic heterocycles. The van der Waals surface area contributed by atoms with Crippen LogP contribution in [-0.4, -0.2) is 19.5 Å². The number of anilines is 3. The van der Waals surface area contributed by atoms with Gasteiger partial charge in [0.2, 0.25) is 0 Å². The van der Waals surface area contributed by atoms with Crippen molar-refractivity contribution >= 4 is 70.4 Å². The number of nitrogens with zero attached hydrogens (tertiary/aromatic N) is 5. The molecule has 0 atom stereocenters. The predicted molar refractivity (Wildman–Crippen MR) is 289 cm³/mol. The van der Waals surface area contributed by atoms with Gasteiger partial charge in [0.05, 0.1) is 11.0 Å². The largest absolute Gasteiger partial charge is 0.310 e. The van der Waals surface area contributed by atoms with Crippen molar-refractivity contribution in [3.8, 4) is 62.1 Å². The van der Waals surface area contributed by atoms with E-state index >= 15 is 0 Å². The average Bonchev–Trinajstić information content (AvgIpc) is 3.97. The summed E-state index contributed by atoms with van der Waals surface area (Å²) >= 11 is 1.80. The van der Waals surface area contributed by atoms with Crippen molar-refractivity contribution in [1.82, 2.24) is 19.5 Å². The van der Waals surface area contributed by atoms with Crippen molar-refractivity contribution < 1.29 is 0 Å². The van der Waals surface area contributed by atoms with E-state index in [0.717, 1.165) is 61.4 Å². The molecule has 0 N–H and O–H groups in total. The maximum atomic E-state index is 5.27. The minimum atomic E-state index is 0.616. The van der Waals surface area contributed by atoms with E-state index in [2.05, 4.69) is 240 Å². The summed E-state index contributed by atoms with van der Waals surface area (Å²) in [6.45, 7) is 0. The fourth-order valence-corrected chi connectivity index (χ4v) is 10.8. The summed E-state index contributed by atoms with van der Waals surface area (Å²) < 4.78 is 4.75. The van der Waals surface area contributed by atoms with Crippen molar-refractivity contribution in [3.63, 3.8) is 0 Å². The number of para-hydroxylation sites is 2. The van der Waals surface area contributed by atoms with Crippen LogP contribution in [0.1, 0.15) is 0 Å². The summed E-state index contributed by atoms with van der Waals surface area (Å²) in [7, 11) is 0. The quantitative estimate of drug-likeness (QED) is 0.145. The molecule has 13 rings (SSSR count). The van der Waals surface area contributed by atoms with Crippen LogP contribution < -0.4 is 4.90 Å². The van der Waals surface area contributed by atoms with Gasteiger partial charge < -0.3 is 9.47 Å². The minimum absolute atomic E-state index is 0.616. The Morgan fingerprint density at radius 2 is 0.739 bits per heavy atom. The second-order valence-electron chi connectivity index (χ2n) is 17.3. The van der Waals surface area contributed by atoms with Gasteiger partial charge in [-0.05, 0) is 107 Å². The van der Waals surface area contributed by atoms with Gasteiger partial charge >= 0.3 is 0 Å². The van der Waals surface area contributed by atoms with Crippen LogP contribution >= 0.6 is 11.3 Å². The third-order valence-corrected chi connectivity index (χ3v) is 14.2. The van der Waals surface area contributed by atoms with Crippen LogP contribution in [-0.2, 0) is 0 Å². The maximum Gasteiger partial charge on any atom is 0.164 e. The van der Waals surface area contributed by atoms with Gasteiger partial charge in [0, 0.05) is 70.4 Å². The summed E-state index contributed by atoms with van der Waals surface area (Å²) in [5, 5.41) is 4.77. The van der Waals surface area contributed by atoms with Gasteiger partial charge in [0.1, 0.15) is 0 Å². The zero-order chi connectivity index (χ0) is 45.7. The summed E-state index contributed by atoms with van der Waals surface area (Å²) in [5.74, 6) is 1.86. The van der Waals surface area contributed by atoms with Crippen molar-refractivity contribution in [2.24, 2.45) is 0 Å². The van der Waals surface area contributed by atoms with E-state index in [1.807, 2.05) is 18.2 Å². The van der Waals surface area contributed by atoms with Crippen LogP contribution in [0.25, 0.3) is 104 Å². The molecule has 3 aromatic heterocycles. The van der Waals surface area contributed by atoms with Crippen LogP contribution in [0.15, 0.2) is 249 Å². The first-order valence-corrected chi connectivity index (χ1v) is 24.0. The Morgan fingerprint density at radius 3 is 1.41 bits per heavy atom. The van der Waals surface area contributed by atoms with E-state index in [0.29, 0.717) is 17.5 Å². The lowest BCUT2D eigenvalue weighted by Gasteiger charge is -2.26. The number of fused-ring (bicyclic) bond motifs is 6. The molecule has 69 heavy (non-hydrogen) atoms. The smallest absolute Gasteiger partial charge is 0.164 e. The molecule has 6 heteroatoms. The van der Waals surface area contributed by atoms with E-state index in [9.17, 15) is 0 Å². The van der Waals surface area contributed by atoms with Gasteiger partial charge in [-0.1, -0.05) is 164 Å². The SMILES string of the molecule is c1ccc(-c2ccc(N(c3cccc(-c4ccccc4)c3)c3ccc4sc5ccc(-c6nc(-c7ccccc7)nc(-c7cccc(-n8c9ccccc9c9ccccc98)c7)n6)cc5c4c3)cc2)cc1. The standard InChI is InChI=1S/C63H41N5S/c1-4-16-42(17-5-1)44-30-33-49(34-31-44)67(50-24-14-22-46(38-50)43-18-6-2-7-19-43)52-35-37-60-56(41-52)55-40-48(32-36-59(55)69-60)63-65-61(45-20-8-3-9-21-45)64-62(66-63)47-23-15-25-51(39-47)68-57-28-12-10-26-53(57)54-27-11-13-29-58(54)68/h1-41H. The first kappa shape index (κ1) is 40.3. The number of thiophene rings is 1. The monoisotopic (exact) mass is 899 g/mol. The van der Waals surface area contributed by atoms with Crippen LogP contribution in [0.2, 0.25) is 0 Å². The highest BCUT2D eigenvalue weighted by Gasteiger charge is 2.19. The average molecular weight is 900 g/mol. The lowest BCUT2D eigenvalue weighted by atomic mass is 10.0. The third kappa shape index (κ3) is 7.40. The summed E-state index contributed by atoms with van der Waals surface area (Å²) in [5.41, 5.74) is 14.1. The molecule has 5 nitrogen and oxygen atoms in total. The number of rotatable bonds is 9. The zero-order valence-electron chi connectivity index (χ0n) is 37.3. The molecule has 0 aliphatic rings. The Hall–Kier alpha value is -8.97. The van der Waals surface area contributed by atoms with Crippen LogP contribution in [0, 0.1) is 0 Å². The number of hydrogen-bond acceptors (Lipinski definition) is 5. The lowest BCUT2D eigenvalue weighted by Crippen LogP contribution is -2.10. The third-order valence-electron chi connectivity index (χ3n) is 13.0. The van der Waals surface area contributed by atoms with Crippen molar-refractivity contribution in [2.45, 2.75) is 0 Å². The van der Waals surface area contributed by atoms with Crippen LogP contribution in [0.5, 0.6) is 0 Å². The maximum absolute atomic E-state index is 5.27. The fraction of sp³-hybridized carbons (Fsp3) is 0. The molecule has 0 saturated heterocycles. The molecule has 3 heterocycles. The number of hydrogen-bond donors (Lipinski definition) is 0. The van der Waals surface area contributed by atoms with E-state index in [1.165, 1.54) is 42.2 Å². The fourth-order valence-electron chi connectivity index (χ4n) is 9.71. The Bertz CT molecular complexity index is 3960. The van der Waals surface area contributed by atoms with Gasteiger partial charge in [0.25, 0.3) is 0 Å². The number of aromatic nitrogens is 4. The molecular formula is C63H41N5S. The minimum Gasteiger partial charge on any atom is -0.310 e. The normalized spacial score (nSPS) is 11.5. The highest BCUT2D eigenvalue weighted by molar-refractivity contribution is 7.25. The molecule has 0 radical (unpaired) electrons. The van der Waals surface area contributed by atoms with Crippen molar-refractivity contribution in [3.05, 3.63) is 249 Å². The first-order chi connectivity index (χ1) is 34.2. The van der Waals surface area contributed by atoms with Crippen molar-refractivity contribution in [1.29, 1.82) is 0 Å². The van der Waals surface area contributed by atoms with Gasteiger partial charge in [-0.3, -0.25) is 0 Å². The second-order valence-corrected chi connectivity index (χ2v) is 18.3. The molecule has 0 saturated carbocycles. The second kappa shape index (κ2) is 17.0. The van der Waals surface area contributed by atoms with Gasteiger partial charge in [-0.15, -0.1) is 11.3 Å². The van der Waals surface area contributed by atoms with E-state index in [-0.39, 0.29) is 0 Å². The molecule has 0 fully saturated rings. The van der Waals surface area contributed by atoms with Crippen LogP contribution in [0.4, 0.5) is 17.1 Å². The van der Waals surface area contributed by atoms with Gasteiger partial charge in [-0.25, -0.2) is 15.0 Å². The van der Waals surface area contributed by atoms with Crippen molar-refractivity contribution in [2.75, 3.05) is 4.90 Å². The predicted octanol–water partition coefficient (Wildman–Crippen LogP) is 17.1. The summed E-state index contributed by atoms with van der Waals surface area (Å²) in [4.78, 5) is 18.0. The van der Waals surface area contributed by atoms with E-state index < -0.39 is 0 Å². The molecule has 0 amide bonds. The highest BCUT2D eigenvalue weighted by atomic mass is 32.1. The molecule has 0 unspecified atom stereocenters. The van der Waals surface area contributed by atoms with E-state index in [1.54, 1.807) is 11.3 Å². The Labute approximate surface area is 403 Å². The Morgan fingerprint density at radius 1 is 0.290 bits per heavy atom. The molecule has 0 aliphatic carbocycles. The topological polar surface area (TPSA) is 46.8 Å². The first-order valence-electron chi connectivity index (χ1n) is 23.2.